The molecule has 0 spiro atoms. The quantitative estimate of drug-likeness (QED) is 0.0202. The molecule has 0 heterocycles. The highest BCUT2D eigenvalue weighted by molar-refractivity contribution is 5.75. The van der Waals surface area contributed by atoms with Gasteiger partial charge >= 0.3 is 71.6 Å². The van der Waals surface area contributed by atoms with Crippen LogP contribution < -0.4 is 0 Å². The van der Waals surface area contributed by atoms with E-state index in [9.17, 15) is 57.5 Å². The first-order valence-corrected chi connectivity index (χ1v) is 19.2. The lowest BCUT2D eigenvalue weighted by molar-refractivity contribution is -0.145. The van der Waals surface area contributed by atoms with Gasteiger partial charge in [-0.15, -0.1) is 13.2 Å². The fraction of sp³-hybridized carbons (Fsp3) is 0.611. The van der Waals surface area contributed by atoms with Crippen molar-refractivity contribution >= 4 is 71.6 Å². The van der Waals surface area contributed by atoms with Crippen LogP contribution >= 0.6 is 0 Å². The lowest BCUT2D eigenvalue weighted by Crippen LogP contribution is -2.43. The van der Waals surface area contributed by atoms with Gasteiger partial charge in [-0.1, -0.05) is 0 Å². The third-order valence-electron chi connectivity index (χ3n) is 7.25. The SMILES string of the molecule is C=C.O=C(O)CN(CCN(CC(=O)O)CC(=O)O)CC(=O)O.O=C(O)CN(CCN(CC(=O)O)CC(=O)O)CC(=O)O.O=C(O)CN(CCOCCOCCN(CC(=O)O)CC(=O)O)CC(=O)O. The molecule has 0 rings (SSSR count). The molecule has 0 aliphatic heterocycles. The molecule has 12 N–H and O–H groups in total. The molecular weight excluding hydrogens is 932 g/mol. The smallest absolute Gasteiger partial charge is 0.317 e. The highest BCUT2D eigenvalue weighted by Crippen LogP contribution is 1.97. The van der Waals surface area contributed by atoms with Crippen molar-refractivity contribution in [1.29, 1.82) is 0 Å². The molecule has 32 nitrogen and oxygen atoms in total. The number of carboxylic acid groups (broad SMARTS) is 12. The molecule has 0 aromatic carbocycles. The summed E-state index contributed by atoms with van der Waals surface area (Å²) >= 11 is 0. The Morgan fingerprint density at radius 1 is 0.235 bits per heavy atom. The second kappa shape index (κ2) is 41.5. The first kappa shape index (κ1) is 67.6. The molecule has 0 aliphatic carbocycles. The molecule has 0 atom stereocenters. The summed E-state index contributed by atoms with van der Waals surface area (Å²) in [6, 6.07) is 0. The monoisotopic (exact) mass is 992 g/mol. The summed E-state index contributed by atoms with van der Waals surface area (Å²) in [5.74, 6) is -14.4. The fourth-order valence-electron chi connectivity index (χ4n) is 4.85. The van der Waals surface area contributed by atoms with E-state index in [0.717, 1.165) is 19.6 Å². The summed E-state index contributed by atoms with van der Waals surface area (Å²) in [5, 5.41) is 104. The number of nitrogens with zero attached hydrogens (tertiary/aromatic N) is 6. The lowest BCUT2D eigenvalue weighted by atomic mass is 10.4. The second-order valence-electron chi connectivity index (χ2n) is 13.2. The topological polar surface area (TPSA) is 486 Å². The largest absolute Gasteiger partial charge is 0.480 e. The van der Waals surface area contributed by atoms with Crippen LogP contribution in [0.25, 0.3) is 0 Å². The summed E-state index contributed by atoms with van der Waals surface area (Å²) in [4.78, 5) is 134. The van der Waals surface area contributed by atoms with Crippen LogP contribution in [0.2, 0.25) is 0 Å². The minimum absolute atomic E-state index is 0.0703. The van der Waals surface area contributed by atoms with Crippen LogP contribution in [0.5, 0.6) is 0 Å². The highest BCUT2D eigenvalue weighted by Gasteiger charge is 2.20. The van der Waals surface area contributed by atoms with Crippen LogP contribution in [0.4, 0.5) is 0 Å². The first-order valence-electron chi connectivity index (χ1n) is 19.2. The van der Waals surface area contributed by atoms with E-state index in [0.29, 0.717) is 0 Å². The molecule has 0 aliphatic rings. The first-order chi connectivity index (χ1) is 31.6. The zero-order chi connectivity index (χ0) is 53.4. The van der Waals surface area contributed by atoms with Crippen LogP contribution in [-0.2, 0) is 67.0 Å². The summed E-state index contributed by atoms with van der Waals surface area (Å²) < 4.78 is 10.4. The van der Waals surface area contributed by atoms with Gasteiger partial charge in [0.05, 0.1) is 105 Å². The normalized spacial score (nSPS) is 10.6. The molecule has 0 aromatic heterocycles. The molecule has 0 radical (unpaired) electrons. The van der Waals surface area contributed by atoms with Crippen molar-refractivity contribution in [3.63, 3.8) is 0 Å². The summed E-state index contributed by atoms with van der Waals surface area (Å²) in [5.41, 5.74) is 0. The number of aliphatic carboxylic acids is 12. The van der Waals surface area contributed by atoms with Crippen LogP contribution in [-0.4, -0.2) is 307 Å². The fourth-order valence-corrected chi connectivity index (χ4v) is 4.85. The average molecular weight is 993 g/mol. The number of ether oxygens (including phenoxy) is 2. The third kappa shape index (κ3) is 51.7. The van der Waals surface area contributed by atoms with Gasteiger partial charge < -0.3 is 70.8 Å². The molecule has 0 fully saturated rings. The van der Waals surface area contributed by atoms with Crippen molar-refractivity contribution in [1.82, 2.24) is 29.4 Å². The number of hydrogen-bond donors (Lipinski definition) is 12. The van der Waals surface area contributed by atoms with E-state index in [2.05, 4.69) is 13.2 Å². The van der Waals surface area contributed by atoms with Gasteiger partial charge in [0.15, 0.2) is 0 Å². The number of carbonyl (C=O) groups is 12. The van der Waals surface area contributed by atoms with E-state index in [1.165, 1.54) is 9.80 Å². The van der Waals surface area contributed by atoms with Gasteiger partial charge in [0.1, 0.15) is 0 Å². The van der Waals surface area contributed by atoms with Crippen molar-refractivity contribution < 1.29 is 128 Å². The maximum Gasteiger partial charge on any atom is 0.317 e. The summed E-state index contributed by atoms with van der Waals surface area (Å²) in [7, 11) is 0. The van der Waals surface area contributed by atoms with Gasteiger partial charge in [0, 0.05) is 39.3 Å². The van der Waals surface area contributed by atoms with Crippen LogP contribution in [0, 0.1) is 0 Å². The maximum absolute atomic E-state index is 10.6. The van der Waals surface area contributed by atoms with Crippen LogP contribution in [0.1, 0.15) is 0 Å². The third-order valence-corrected chi connectivity index (χ3v) is 7.25. The molecule has 0 aromatic rings. The molecule has 0 unspecified atom stereocenters. The van der Waals surface area contributed by atoms with Crippen LogP contribution in [0.3, 0.4) is 0 Å². The predicted octanol–water partition coefficient (Wildman–Crippen LogP) is -5.38. The predicted molar refractivity (Wildman–Crippen MR) is 223 cm³/mol. The Kier molecular flexibility index (Phi) is 41.3. The molecule has 0 saturated heterocycles. The summed E-state index contributed by atoms with van der Waals surface area (Å²) in [6.45, 7) is 0.709. The Labute approximate surface area is 386 Å². The number of carboxylic acids is 12. The Morgan fingerprint density at radius 3 is 0.471 bits per heavy atom. The molecular formula is C36H60N6O26. The van der Waals surface area contributed by atoms with E-state index >= 15 is 0 Å². The average Bonchev–Trinajstić information content (AvgIpc) is 3.15. The lowest BCUT2D eigenvalue weighted by Gasteiger charge is -2.23. The van der Waals surface area contributed by atoms with E-state index in [-0.39, 0.29) is 65.7 Å². The van der Waals surface area contributed by atoms with E-state index < -0.39 is 150 Å². The van der Waals surface area contributed by atoms with Gasteiger partial charge in [-0.05, 0) is 0 Å². The summed E-state index contributed by atoms with van der Waals surface area (Å²) in [6.07, 6.45) is 0. The maximum atomic E-state index is 10.6. The van der Waals surface area contributed by atoms with Gasteiger partial charge in [-0.3, -0.25) is 86.9 Å². The molecule has 32 heteroatoms. The van der Waals surface area contributed by atoms with E-state index in [4.69, 9.17) is 70.8 Å². The van der Waals surface area contributed by atoms with E-state index in [1.54, 1.807) is 0 Å². The molecule has 0 bridgehead atoms. The minimum atomic E-state index is -1.23. The molecule has 0 amide bonds. The zero-order valence-electron chi connectivity index (χ0n) is 36.7. The Hall–Kier alpha value is -6.94. The van der Waals surface area contributed by atoms with Crippen molar-refractivity contribution in [3.05, 3.63) is 13.2 Å². The molecule has 68 heavy (non-hydrogen) atoms. The molecule has 0 saturated carbocycles. The van der Waals surface area contributed by atoms with Gasteiger partial charge in [-0.25, -0.2) is 0 Å². The van der Waals surface area contributed by atoms with Crippen molar-refractivity contribution in [2.24, 2.45) is 0 Å². The Bertz CT molecular complexity index is 1330. The highest BCUT2D eigenvalue weighted by atomic mass is 16.5. The minimum Gasteiger partial charge on any atom is -0.480 e. The van der Waals surface area contributed by atoms with Crippen molar-refractivity contribution in [2.75, 3.05) is 144 Å². The second-order valence-corrected chi connectivity index (χ2v) is 13.2. The van der Waals surface area contributed by atoms with E-state index in [1.807, 2.05) is 0 Å². The Morgan fingerprint density at radius 2 is 0.353 bits per heavy atom. The zero-order valence-corrected chi connectivity index (χ0v) is 36.7. The Balaban J connectivity index is -0.000000449. The van der Waals surface area contributed by atoms with Gasteiger partial charge in [0.2, 0.25) is 0 Å². The van der Waals surface area contributed by atoms with Crippen molar-refractivity contribution in [2.45, 2.75) is 0 Å². The molecule has 390 valence electrons. The number of rotatable bonds is 39. The van der Waals surface area contributed by atoms with Crippen molar-refractivity contribution in [3.8, 4) is 0 Å². The number of hydrogen-bond acceptors (Lipinski definition) is 20. The standard InChI is InChI=1S/C14H24N2O10.2C10H16N2O8.C2H4/c17-11(18)7-15(8-12(19)20)1-3-25-5-6-26-4-2-16(9-13(21)22)10-14(23)24;2*13-7(14)3-11(4-8(15)16)1-2-12(5-9(17)18)6-10(19)20;1-2/h1-10H2,(H,17,18)(H,19,20)(H,21,22)(H,23,24);2*1-6H2,(H,13,14)(H,15,16)(H,17,18)(H,19,20);1-2H2. The van der Waals surface area contributed by atoms with Crippen LogP contribution in [0.15, 0.2) is 13.2 Å². The van der Waals surface area contributed by atoms with Gasteiger partial charge in [0.25, 0.3) is 0 Å². The van der Waals surface area contributed by atoms with Gasteiger partial charge in [-0.2, -0.15) is 0 Å².